The minimum Gasteiger partial charge on any atom is -1.00 e. The van der Waals surface area contributed by atoms with E-state index < -0.39 is 0 Å². The van der Waals surface area contributed by atoms with Crippen LogP contribution in [0, 0.1) is 11.8 Å². The predicted octanol–water partition coefficient (Wildman–Crippen LogP) is -0.401. The van der Waals surface area contributed by atoms with E-state index >= 15 is 0 Å². The Hall–Kier alpha value is 0.160. The van der Waals surface area contributed by atoms with E-state index in [1.54, 1.807) is 0 Å². The molecule has 2 fully saturated rings. The predicted molar refractivity (Wildman–Crippen MR) is 72.1 cm³/mol. The molecule has 2 saturated heterocycles. The highest BCUT2D eigenvalue weighted by atomic mass is 127. The number of carbonyl (C=O) groups excluding carboxylic acids is 1. The summed E-state index contributed by atoms with van der Waals surface area (Å²) in [5, 5.41) is 0. The van der Waals surface area contributed by atoms with E-state index in [0.29, 0.717) is 12.5 Å². The fourth-order valence-corrected chi connectivity index (χ4v) is 3.78. The number of piperidine rings is 2. The number of ether oxygens (including phenoxy) is 1. The number of nitrogens with zero attached hydrogens (tertiary/aromatic N) is 1. The molecule has 0 spiro atoms. The summed E-state index contributed by atoms with van der Waals surface area (Å²) in [6.45, 7) is 7.10. The summed E-state index contributed by atoms with van der Waals surface area (Å²) in [7, 11) is 2.40. The molecule has 0 saturated carbocycles. The summed E-state index contributed by atoms with van der Waals surface area (Å²) >= 11 is 0. The smallest absolute Gasteiger partial charge is 0.308 e. The Balaban J connectivity index is 0.00000180. The monoisotopic (exact) mass is 381 g/mol. The first-order chi connectivity index (χ1) is 8.53. The largest absolute Gasteiger partial charge is 1.00 e. The molecular formula is C15H28INO2. The zero-order valence-corrected chi connectivity index (χ0v) is 14.7. The standard InChI is InChI=1S/C15H28NO2.HI/c1-12(2)15(17)18-11-13-7-6-10-16(3)9-5-4-8-14(13)16;/h12-14H,4-11H2,1-3H3;1H/q+1;/p-1. The molecule has 2 heterocycles. The lowest BCUT2D eigenvalue weighted by Crippen LogP contribution is -3.00. The molecule has 0 bridgehead atoms. The van der Waals surface area contributed by atoms with Gasteiger partial charge in [0, 0.05) is 12.3 Å². The van der Waals surface area contributed by atoms with Crippen molar-refractivity contribution in [3.63, 3.8) is 0 Å². The van der Waals surface area contributed by atoms with Gasteiger partial charge in [0.15, 0.2) is 0 Å². The molecule has 112 valence electrons. The van der Waals surface area contributed by atoms with Crippen LogP contribution in [0.4, 0.5) is 0 Å². The lowest BCUT2D eigenvalue weighted by Gasteiger charge is -2.51. The molecule has 0 N–H and O–H groups in total. The van der Waals surface area contributed by atoms with Crippen LogP contribution in [-0.2, 0) is 9.53 Å². The molecule has 0 aromatic carbocycles. The van der Waals surface area contributed by atoms with Crippen molar-refractivity contribution in [2.45, 2.75) is 52.0 Å². The Labute approximate surface area is 134 Å². The van der Waals surface area contributed by atoms with Crippen LogP contribution in [0.1, 0.15) is 46.0 Å². The van der Waals surface area contributed by atoms with Gasteiger partial charge in [-0.2, -0.15) is 0 Å². The maximum absolute atomic E-state index is 11.6. The van der Waals surface area contributed by atoms with Gasteiger partial charge in [-0.25, -0.2) is 0 Å². The highest BCUT2D eigenvalue weighted by Crippen LogP contribution is 2.36. The number of hydrogen-bond acceptors (Lipinski definition) is 2. The average Bonchev–Trinajstić information content (AvgIpc) is 2.34. The molecule has 0 aliphatic carbocycles. The Morgan fingerprint density at radius 1 is 1.21 bits per heavy atom. The van der Waals surface area contributed by atoms with Crippen molar-refractivity contribution < 1.29 is 38.0 Å². The van der Waals surface area contributed by atoms with E-state index in [0.717, 1.165) is 6.04 Å². The second-order valence-corrected chi connectivity index (χ2v) is 6.68. The topological polar surface area (TPSA) is 26.3 Å². The van der Waals surface area contributed by atoms with Crippen molar-refractivity contribution >= 4 is 5.97 Å². The van der Waals surface area contributed by atoms with Crippen LogP contribution in [-0.4, -0.2) is 43.2 Å². The normalized spacial score (nSPS) is 34.3. The van der Waals surface area contributed by atoms with Gasteiger partial charge in [0.05, 0.1) is 38.7 Å². The number of carbonyl (C=O) groups is 1. The Morgan fingerprint density at radius 2 is 1.89 bits per heavy atom. The minimum absolute atomic E-state index is 0. The van der Waals surface area contributed by atoms with Crippen molar-refractivity contribution in [3.05, 3.63) is 0 Å². The molecule has 19 heavy (non-hydrogen) atoms. The summed E-state index contributed by atoms with van der Waals surface area (Å²) in [5.74, 6) is 0.554. The van der Waals surface area contributed by atoms with Crippen LogP contribution in [0.3, 0.4) is 0 Å². The van der Waals surface area contributed by atoms with E-state index in [4.69, 9.17) is 4.74 Å². The fourth-order valence-electron chi connectivity index (χ4n) is 3.78. The second kappa shape index (κ2) is 7.25. The van der Waals surface area contributed by atoms with Crippen LogP contribution in [0.5, 0.6) is 0 Å². The summed E-state index contributed by atoms with van der Waals surface area (Å²) in [4.78, 5) is 11.6. The quantitative estimate of drug-likeness (QED) is 0.378. The van der Waals surface area contributed by atoms with Gasteiger partial charge in [-0.05, 0) is 25.7 Å². The van der Waals surface area contributed by atoms with E-state index in [9.17, 15) is 4.79 Å². The highest BCUT2D eigenvalue weighted by Gasteiger charge is 2.43. The third-order valence-corrected chi connectivity index (χ3v) is 4.92. The van der Waals surface area contributed by atoms with Gasteiger partial charge in [0.1, 0.15) is 0 Å². The average molecular weight is 381 g/mol. The number of esters is 1. The number of hydrogen-bond donors (Lipinski definition) is 0. The number of halogens is 1. The van der Waals surface area contributed by atoms with Crippen LogP contribution in [0.25, 0.3) is 0 Å². The van der Waals surface area contributed by atoms with Gasteiger partial charge < -0.3 is 33.2 Å². The maximum atomic E-state index is 11.6. The molecule has 2 aliphatic heterocycles. The summed E-state index contributed by atoms with van der Waals surface area (Å²) in [6.07, 6.45) is 6.57. The number of fused-ring (bicyclic) bond motifs is 1. The third kappa shape index (κ3) is 4.06. The molecule has 3 atom stereocenters. The lowest BCUT2D eigenvalue weighted by atomic mass is 9.82. The number of quaternary nitrogens is 1. The van der Waals surface area contributed by atoms with Gasteiger partial charge in [-0.3, -0.25) is 4.79 Å². The SMILES string of the molecule is CC(C)C(=O)OCC1CCC[N+]2(C)CCCCC12.[I-]. The van der Waals surface area contributed by atoms with Crippen molar-refractivity contribution in [1.29, 1.82) is 0 Å². The molecule has 0 radical (unpaired) electrons. The van der Waals surface area contributed by atoms with Gasteiger partial charge in [-0.1, -0.05) is 13.8 Å². The van der Waals surface area contributed by atoms with Crippen LogP contribution < -0.4 is 24.0 Å². The van der Waals surface area contributed by atoms with E-state index in [1.165, 1.54) is 49.7 Å². The zero-order valence-electron chi connectivity index (χ0n) is 12.5. The Kier molecular flexibility index (Phi) is 6.57. The second-order valence-electron chi connectivity index (χ2n) is 6.68. The molecule has 0 aromatic heterocycles. The van der Waals surface area contributed by atoms with Crippen molar-refractivity contribution in [3.8, 4) is 0 Å². The van der Waals surface area contributed by atoms with Gasteiger partial charge in [0.2, 0.25) is 0 Å². The van der Waals surface area contributed by atoms with Gasteiger partial charge >= 0.3 is 5.97 Å². The maximum Gasteiger partial charge on any atom is 0.308 e. The van der Waals surface area contributed by atoms with Gasteiger partial charge in [0.25, 0.3) is 0 Å². The molecule has 2 rings (SSSR count). The molecule has 2 aliphatic rings. The fraction of sp³-hybridized carbons (Fsp3) is 0.933. The van der Waals surface area contributed by atoms with E-state index in [-0.39, 0.29) is 35.9 Å². The number of rotatable bonds is 3. The molecule has 4 heteroatoms. The summed E-state index contributed by atoms with van der Waals surface area (Å²) < 4.78 is 6.71. The lowest BCUT2D eigenvalue weighted by molar-refractivity contribution is -0.947. The molecular weight excluding hydrogens is 353 g/mol. The molecule has 0 amide bonds. The molecule has 3 nitrogen and oxygen atoms in total. The van der Waals surface area contributed by atoms with Crippen LogP contribution in [0.2, 0.25) is 0 Å². The Bertz CT molecular complexity index is 305. The summed E-state index contributed by atoms with van der Waals surface area (Å²) in [6, 6.07) is 0.729. The van der Waals surface area contributed by atoms with Crippen LogP contribution >= 0.6 is 0 Å². The minimum atomic E-state index is -0.0365. The van der Waals surface area contributed by atoms with Crippen molar-refractivity contribution in [2.75, 3.05) is 26.7 Å². The van der Waals surface area contributed by atoms with Gasteiger partial charge in [-0.15, -0.1) is 0 Å². The van der Waals surface area contributed by atoms with Crippen molar-refractivity contribution in [2.24, 2.45) is 11.8 Å². The highest BCUT2D eigenvalue weighted by molar-refractivity contribution is 5.71. The third-order valence-electron chi connectivity index (χ3n) is 4.92. The van der Waals surface area contributed by atoms with E-state index in [2.05, 4.69) is 7.05 Å². The van der Waals surface area contributed by atoms with E-state index in [1.807, 2.05) is 13.8 Å². The summed E-state index contributed by atoms with van der Waals surface area (Å²) in [5.41, 5.74) is 0. The van der Waals surface area contributed by atoms with Crippen molar-refractivity contribution in [1.82, 2.24) is 0 Å². The van der Waals surface area contributed by atoms with Crippen LogP contribution in [0.15, 0.2) is 0 Å². The Morgan fingerprint density at radius 3 is 2.58 bits per heavy atom. The zero-order chi connectivity index (χ0) is 13.2. The first-order valence-corrected chi connectivity index (χ1v) is 7.54. The first kappa shape index (κ1) is 17.2. The first-order valence-electron chi connectivity index (χ1n) is 7.54. The molecule has 0 aromatic rings. The molecule has 3 unspecified atom stereocenters.